The van der Waals surface area contributed by atoms with E-state index in [-0.39, 0.29) is 24.2 Å². The van der Waals surface area contributed by atoms with Crippen LogP contribution in [0.3, 0.4) is 0 Å². The fourth-order valence-electron chi connectivity index (χ4n) is 3.90. The van der Waals surface area contributed by atoms with E-state index in [0.29, 0.717) is 25.2 Å². The number of likely N-dealkylation sites (tertiary alicyclic amines) is 1. The number of nitriles is 1. The van der Waals surface area contributed by atoms with Gasteiger partial charge in [0.15, 0.2) is 0 Å². The molecule has 0 spiro atoms. The van der Waals surface area contributed by atoms with Crippen LogP contribution in [0, 0.1) is 24.2 Å². The Morgan fingerprint density at radius 1 is 1.22 bits per heavy atom. The number of benzene rings is 2. The summed E-state index contributed by atoms with van der Waals surface area (Å²) < 4.78 is 0. The SMILES string of the molecule is Cc1ccc(CN2C[C@H](C(=O)N3CCc4ccc(C#N)cc43)CC2=O)cc1. The molecule has 4 rings (SSSR count). The summed E-state index contributed by atoms with van der Waals surface area (Å²) in [6.45, 7) is 3.64. The Morgan fingerprint density at radius 3 is 2.74 bits per heavy atom. The Kier molecular flexibility index (Phi) is 4.41. The summed E-state index contributed by atoms with van der Waals surface area (Å²) in [5.74, 6) is -0.303. The maximum absolute atomic E-state index is 13.1. The quantitative estimate of drug-likeness (QED) is 0.846. The van der Waals surface area contributed by atoms with Crippen LogP contribution in [0.1, 0.15) is 28.7 Å². The predicted octanol–water partition coefficient (Wildman–Crippen LogP) is 2.80. The number of hydrogen-bond acceptors (Lipinski definition) is 3. The molecule has 0 aliphatic carbocycles. The van der Waals surface area contributed by atoms with Gasteiger partial charge in [-0.3, -0.25) is 9.59 Å². The number of anilines is 1. The van der Waals surface area contributed by atoms with Crippen LogP contribution in [-0.4, -0.2) is 29.8 Å². The highest BCUT2D eigenvalue weighted by atomic mass is 16.2. The molecule has 0 N–H and O–H groups in total. The van der Waals surface area contributed by atoms with Crippen molar-refractivity contribution in [2.75, 3.05) is 18.0 Å². The zero-order valence-corrected chi connectivity index (χ0v) is 15.3. The van der Waals surface area contributed by atoms with Crippen molar-refractivity contribution in [3.63, 3.8) is 0 Å². The maximum Gasteiger partial charge on any atom is 0.232 e. The first-order valence-electron chi connectivity index (χ1n) is 9.23. The van der Waals surface area contributed by atoms with Gasteiger partial charge in [-0.05, 0) is 36.6 Å². The van der Waals surface area contributed by atoms with Gasteiger partial charge in [0.1, 0.15) is 0 Å². The Labute approximate surface area is 158 Å². The standard InChI is InChI=1S/C22H21N3O2/c1-15-2-4-16(5-3-15)13-24-14-19(11-21(24)26)22(27)25-9-8-18-7-6-17(12-23)10-20(18)25/h2-7,10,19H,8-9,11,13-14H2,1H3/t19-/m1/s1. The summed E-state index contributed by atoms with van der Waals surface area (Å²) in [5.41, 5.74) is 4.72. The molecule has 2 heterocycles. The fourth-order valence-corrected chi connectivity index (χ4v) is 3.90. The minimum atomic E-state index is -0.320. The molecule has 5 nitrogen and oxygen atoms in total. The largest absolute Gasteiger partial charge is 0.338 e. The van der Waals surface area contributed by atoms with Gasteiger partial charge in [0.25, 0.3) is 0 Å². The summed E-state index contributed by atoms with van der Waals surface area (Å²) in [5, 5.41) is 9.13. The van der Waals surface area contributed by atoms with Gasteiger partial charge >= 0.3 is 0 Å². The Balaban J connectivity index is 1.48. The fraction of sp³-hybridized carbons (Fsp3) is 0.318. The number of aryl methyl sites for hydroxylation is 1. The molecule has 0 radical (unpaired) electrons. The molecule has 2 aromatic carbocycles. The molecule has 1 saturated heterocycles. The normalized spacial score (nSPS) is 18.5. The third kappa shape index (κ3) is 3.31. The van der Waals surface area contributed by atoms with Gasteiger partial charge in [-0.25, -0.2) is 0 Å². The molecule has 0 saturated carbocycles. The molecule has 1 atom stereocenters. The first-order chi connectivity index (χ1) is 13.0. The number of hydrogen-bond donors (Lipinski definition) is 0. The summed E-state index contributed by atoms with van der Waals surface area (Å²) in [7, 11) is 0. The lowest BCUT2D eigenvalue weighted by Gasteiger charge is -2.22. The predicted molar refractivity (Wildman–Crippen MR) is 102 cm³/mol. The van der Waals surface area contributed by atoms with Gasteiger partial charge < -0.3 is 9.80 Å². The number of amides is 2. The highest BCUT2D eigenvalue weighted by Crippen LogP contribution is 2.32. The first-order valence-corrected chi connectivity index (χ1v) is 9.23. The molecule has 136 valence electrons. The third-order valence-corrected chi connectivity index (χ3v) is 5.43. The molecule has 2 aromatic rings. The Morgan fingerprint density at radius 2 is 2.00 bits per heavy atom. The highest BCUT2D eigenvalue weighted by molar-refractivity contribution is 6.00. The van der Waals surface area contributed by atoms with Crippen molar-refractivity contribution in [3.8, 4) is 6.07 Å². The minimum Gasteiger partial charge on any atom is -0.338 e. The smallest absolute Gasteiger partial charge is 0.232 e. The summed E-state index contributed by atoms with van der Waals surface area (Å²) in [6.07, 6.45) is 1.05. The molecule has 0 unspecified atom stereocenters. The van der Waals surface area contributed by atoms with E-state index in [2.05, 4.69) is 6.07 Å². The minimum absolute atomic E-state index is 0.0106. The molecule has 0 bridgehead atoms. The maximum atomic E-state index is 13.1. The van der Waals surface area contributed by atoms with Gasteiger partial charge in [-0.15, -0.1) is 0 Å². The number of rotatable bonds is 3. The molecule has 5 heteroatoms. The van der Waals surface area contributed by atoms with Gasteiger partial charge in [0, 0.05) is 31.7 Å². The van der Waals surface area contributed by atoms with Crippen molar-refractivity contribution in [2.24, 2.45) is 5.92 Å². The number of carbonyl (C=O) groups excluding carboxylic acids is 2. The van der Waals surface area contributed by atoms with E-state index in [0.717, 1.165) is 23.2 Å². The van der Waals surface area contributed by atoms with Crippen molar-refractivity contribution in [1.82, 2.24) is 4.90 Å². The molecule has 0 aromatic heterocycles. The van der Waals surface area contributed by atoms with Gasteiger partial charge in [0.05, 0.1) is 17.6 Å². The van der Waals surface area contributed by atoms with E-state index in [4.69, 9.17) is 5.26 Å². The van der Waals surface area contributed by atoms with E-state index in [1.54, 1.807) is 21.9 Å². The van der Waals surface area contributed by atoms with Gasteiger partial charge in [-0.1, -0.05) is 35.9 Å². The number of nitrogens with zero attached hydrogens (tertiary/aromatic N) is 3. The zero-order chi connectivity index (χ0) is 19.0. The zero-order valence-electron chi connectivity index (χ0n) is 15.3. The second-order valence-electron chi connectivity index (χ2n) is 7.36. The van der Waals surface area contributed by atoms with Crippen molar-refractivity contribution in [2.45, 2.75) is 26.3 Å². The van der Waals surface area contributed by atoms with E-state index >= 15 is 0 Å². The Bertz CT molecular complexity index is 943. The van der Waals surface area contributed by atoms with Crippen LogP contribution in [0.5, 0.6) is 0 Å². The van der Waals surface area contributed by atoms with E-state index in [1.165, 1.54) is 5.56 Å². The van der Waals surface area contributed by atoms with Crippen LogP contribution >= 0.6 is 0 Å². The molecule has 2 aliphatic rings. The van der Waals surface area contributed by atoms with Crippen LogP contribution in [0.25, 0.3) is 0 Å². The lowest BCUT2D eigenvalue weighted by molar-refractivity contribution is -0.128. The molecule has 27 heavy (non-hydrogen) atoms. The van der Waals surface area contributed by atoms with Crippen LogP contribution in [-0.2, 0) is 22.6 Å². The summed E-state index contributed by atoms with van der Waals surface area (Å²) >= 11 is 0. The average molecular weight is 359 g/mol. The molecule has 2 aliphatic heterocycles. The van der Waals surface area contributed by atoms with E-state index in [9.17, 15) is 9.59 Å². The summed E-state index contributed by atoms with van der Waals surface area (Å²) in [4.78, 5) is 29.0. The van der Waals surface area contributed by atoms with Crippen molar-refractivity contribution in [3.05, 3.63) is 64.7 Å². The van der Waals surface area contributed by atoms with Gasteiger partial charge in [0.2, 0.25) is 11.8 Å². The van der Waals surface area contributed by atoms with Crippen LogP contribution < -0.4 is 4.90 Å². The highest BCUT2D eigenvalue weighted by Gasteiger charge is 2.38. The van der Waals surface area contributed by atoms with E-state index < -0.39 is 0 Å². The van der Waals surface area contributed by atoms with Crippen LogP contribution in [0.2, 0.25) is 0 Å². The molecule has 2 amide bonds. The monoisotopic (exact) mass is 359 g/mol. The molecular formula is C22H21N3O2. The van der Waals surface area contributed by atoms with Gasteiger partial charge in [-0.2, -0.15) is 5.26 Å². The lowest BCUT2D eigenvalue weighted by atomic mass is 10.1. The first kappa shape index (κ1) is 17.3. The number of carbonyl (C=O) groups is 2. The van der Waals surface area contributed by atoms with Crippen LogP contribution in [0.4, 0.5) is 5.69 Å². The Hall–Kier alpha value is -3.13. The van der Waals surface area contributed by atoms with Crippen molar-refractivity contribution >= 4 is 17.5 Å². The van der Waals surface area contributed by atoms with Crippen LogP contribution in [0.15, 0.2) is 42.5 Å². The summed E-state index contributed by atoms with van der Waals surface area (Å²) in [6, 6.07) is 15.7. The van der Waals surface area contributed by atoms with E-state index in [1.807, 2.05) is 37.3 Å². The molecule has 1 fully saturated rings. The second kappa shape index (κ2) is 6.88. The average Bonchev–Trinajstić information content (AvgIpc) is 3.26. The second-order valence-corrected chi connectivity index (χ2v) is 7.36. The topological polar surface area (TPSA) is 64.4 Å². The lowest BCUT2D eigenvalue weighted by Crippen LogP contribution is -2.36. The third-order valence-electron chi connectivity index (χ3n) is 5.43. The molecular weight excluding hydrogens is 338 g/mol. The van der Waals surface area contributed by atoms with Crippen molar-refractivity contribution < 1.29 is 9.59 Å². The van der Waals surface area contributed by atoms with Crippen molar-refractivity contribution in [1.29, 1.82) is 5.26 Å². The number of fused-ring (bicyclic) bond motifs is 1.